The predicted molar refractivity (Wildman–Crippen MR) is 61.8 cm³/mol. The van der Waals surface area contributed by atoms with E-state index >= 15 is 0 Å². The van der Waals surface area contributed by atoms with E-state index in [-0.39, 0.29) is 0 Å². The van der Waals surface area contributed by atoms with E-state index in [1.165, 1.54) is 25.3 Å². The van der Waals surface area contributed by atoms with Crippen molar-refractivity contribution < 1.29 is 0 Å². The summed E-state index contributed by atoms with van der Waals surface area (Å²) in [5, 5.41) is 8.21. The molecule has 1 heteroatoms. The Hall–Kier alpha value is -1.29. The second-order valence-corrected chi connectivity index (χ2v) is 3.08. The zero-order chi connectivity index (χ0) is 10.5. The van der Waals surface area contributed by atoms with Gasteiger partial charge in [0.15, 0.2) is 0 Å². The van der Waals surface area contributed by atoms with E-state index in [0.717, 1.165) is 12.8 Å². The molecule has 0 bridgehead atoms. The molecule has 0 aromatic rings. The monoisotopic (exact) mass is 189 g/mol. The van der Waals surface area contributed by atoms with Crippen LogP contribution >= 0.6 is 0 Å². The first-order valence-corrected chi connectivity index (χ1v) is 5.28. The molecule has 0 radical (unpaired) electrons. The average Bonchev–Trinajstić information content (AvgIpc) is 2.21. The lowest BCUT2D eigenvalue weighted by Gasteiger charge is -1.91. The Labute approximate surface area is 87.4 Å². The van der Waals surface area contributed by atoms with Gasteiger partial charge in [0.2, 0.25) is 0 Å². The van der Waals surface area contributed by atoms with Gasteiger partial charge in [-0.2, -0.15) is 5.26 Å². The third kappa shape index (κ3) is 10.7. The van der Waals surface area contributed by atoms with E-state index in [4.69, 9.17) is 5.26 Å². The standard InChI is InChI=1S/C13H19N/c1-2-3-4-5-6-7-8-9-10-11-12-13-14/h3-4,9-12H,2,5-8H2,1H3/b4-3+,10-9+,12-11+. The van der Waals surface area contributed by atoms with Gasteiger partial charge < -0.3 is 0 Å². The number of unbranched alkanes of at least 4 members (excludes halogenated alkanes) is 3. The molecule has 0 aliphatic heterocycles. The summed E-state index contributed by atoms with van der Waals surface area (Å²) in [7, 11) is 0. The molecule has 0 heterocycles. The lowest BCUT2D eigenvalue weighted by molar-refractivity contribution is 0.761. The van der Waals surface area contributed by atoms with Crippen LogP contribution in [0.15, 0.2) is 36.5 Å². The van der Waals surface area contributed by atoms with Gasteiger partial charge in [-0.25, -0.2) is 0 Å². The van der Waals surface area contributed by atoms with Crippen molar-refractivity contribution in [2.24, 2.45) is 0 Å². The Morgan fingerprint density at radius 3 is 2.36 bits per heavy atom. The molecule has 0 aromatic carbocycles. The molecule has 0 aliphatic rings. The van der Waals surface area contributed by atoms with Gasteiger partial charge in [0.1, 0.15) is 0 Å². The minimum Gasteiger partial charge on any atom is -0.193 e. The summed E-state index contributed by atoms with van der Waals surface area (Å²) < 4.78 is 0. The maximum atomic E-state index is 8.21. The first kappa shape index (κ1) is 12.7. The SMILES string of the molecule is CC/C=C/CCCC/C=C/C=C/C#N. The smallest absolute Gasteiger partial charge is 0.0912 e. The third-order valence-corrected chi connectivity index (χ3v) is 1.81. The highest BCUT2D eigenvalue weighted by Gasteiger charge is 1.82. The zero-order valence-corrected chi connectivity index (χ0v) is 8.95. The zero-order valence-electron chi connectivity index (χ0n) is 8.95. The van der Waals surface area contributed by atoms with Crippen LogP contribution in [0.4, 0.5) is 0 Å². The number of nitrogens with zero attached hydrogens (tertiary/aromatic N) is 1. The normalized spacial score (nSPS) is 11.7. The van der Waals surface area contributed by atoms with Crippen molar-refractivity contribution in [1.82, 2.24) is 0 Å². The molecule has 0 spiro atoms. The molecule has 0 fully saturated rings. The number of allylic oxidation sites excluding steroid dienone is 6. The van der Waals surface area contributed by atoms with Crippen LogP contribution < -0.4 is 0 Å². The molecule has 0 saturated heterocycles. The van der Waals surface area contributed by atoms with Crippen LogP contribution in [0.25, 0.3) is 0 Å². The van der Waals surface area contributed by atoms with Crippen molar-refractivity contribution in [3.05, 3.63) is 36.5 Å². The van der Waals surface area contributed by atoms with Crippen LogP contribution in [0, 0.1) is 11.3 Å². The summed E-state index contributed by atoms with van der Waals surface area (Å²) in [4.78, 5) is 0. The van der Waals surface area contributed by atoms with Gasteiger partial charge in [-0.3, -0.25) is 0 Å². The maximum Gasteiger partial charge on any atom is 0.0912 e. The lowest BCUT2D eigenvalue weighted by atomic mass is 10.1. The first-order chi connectivity index (χ1) is 6.91. The van der Waals surface area contributed by atoms with Crippen LogP contribution in [-0.2, 0) is 0 Å². The molecular weight excluding hydrogens is 170 g/mol. The van der Waals surface area contributed by atoms with Gasteiger partial charge in [-0.1, -0.05) is 37.3 Å². The molecular formula is C13H19N. The van der Waals surface area contributed by atoms with E-state index in [2.05, 4.69) is 25.2 Å². The molecule has 14 heavy (non-hydrogen) atoms. The quantitative estimate of drug-likeness (QED) is 0.255. The molecule has 0 amide bonds. The van der Waals surface area contributed by atoms with Crippen molar-refractivity contribution in [2.45, 2.75) is 39.0 Å². The van der Waals surface area contributed by atoms with Crippen molar-refractivity contribution >= 4 is 0 Å². The van der Waals surface area contributed by atoms with Gasteiger partial charge >= 0.3 is 0 Å². The van der Waals surface area contributed by atoms with E-state index in [1.807, 2.05) is 12.1 Å². The highest BCUT2D eigenvalue weighted by Crippen LogP contribution is 2.02. The Morgan fingerprint density at radius 1 is 1.00 bits per heavy atom. The van der Waals surface area contributed by atoms with Crippen LogP contribution in [0.1, 0.15) is 39.0 Å². The van der Waals surface area contributed by atoms with E-state index in [0.29, 0.717) is 0 Å². The Morgan fingerprint density at radius 2 is 1.71 bits per heavy atom. The van der Waals surface area contributed by atoms with Crippen LogP contribution in [0.3, 0.4) is 0 Å². The first-order valence-electron chi connectivity index (χ1n) is 5.28. The van der Waals surface area contributed by atoms with Crippen molar-refractivity contribution in [3.63, 3.8) is 0 Å². The number of rotatable bonds is 7. The topological polar surface area (TPSA) is 23.8 Å². The van der Waals surface area contributed by atoms with Crippen molar-refractivity contribution in [1.29, 1.82) is 5.26 Å². The van der Waals surface area contributed by atoms with Gasteiger partial charge in [0.25, 0.3) is 0 Å². The van der Waals surface area contributed by atoms with E-state index in [9.17, 15) is 0 Å². The fourth-order valence-corrected chi connectivity index (χ4v) is 1.08. The minimum atomic E-state index is 1.11. The third-order valence-electron chi connectivity index (χ3n) is 1.81. The second kappa shape index (κ2) is 11.7. The summed E-state index contributed by atoms with van der Waals surface area (Å²) in [5.74, 6) is 0. The second-order valence-electron chi connectivity index (χ2n) is 3.08. The van der Waals surface area contributed by atoms with E-state index in [1.54, 1.807) is 6.08 Å². The summed E-state index contributed by atoms with van der Waals surface area (Å²) in [6, 6.07) is 1.95. The van der Waals surface area contributed by atoms with Gasteiger partial charge in [0.05, 0.1) is 6.07 Å². The van der Waals surface area contributed by atoms with Gasteiger partial charge in [-0.15, -0.1) is 0 Å². The molecule has 0 rings (SSSR count). The Balaban J connectivity index is 3.22. The lowest BCUT2D eigenvalue weighted by Crippen LogP contribution is -1.71. The highest BCUT2D eigenvalue weighted by atomic mass is 14.2. The van der Waals surface area contributed by atoms with Crippen molar-refractivity contribution in [3.8, 4) is 6.07 Å². The van der Waals surface area contributed by atoms with Gasteiger partial charge in [-0.05, 0) is 32.1 Å². The Kier molecular flexibility index (Phi) is 10.6. The average molecular weight is 189 g/mol. The van der Waals surface area contributed by atoms with Gasteiger partial charge in [0, 0.05) is 6.08 Å². The Bertz CT molecular complexity index is 228. The summed E-state index contributed by atoms with van der Waals surface area (Å²) >= 11 is 0. The van der Waals surface area contributed by atoms with Crippen molar-refractivity contribution in [2.75, 3.05) is 0 Å². The number of hydrogen-bond acceptors (Lipinski definition) is 1. The van der Waals surface area contributed by atoms with Crippen LogP contribution in [0.2, 0.25) is 0 Å². The number of hydrogen-bond donors (Lipinski definition) is 0. The molecule has 0 atom stereocenters. The number of nitriles is 1. The van der Waals surface area contributed by atoms with Crippen LogP contribution in [0.5, 0.6) is 0 Å². The minimum absolute atomic E-state index is 1.11. The van der Waals surface area contributed by atoms with E-state index < -0.39 is 0 Å². The maximum absolute atomic E-state index is 8.21. The fraction of sp³-hybridized carbons (Fsp3) is 0.462. The molecule has 0 aromatic heterocycles. The fourth-order valence-electron chi connectivity index (χ4n) is 1.08. The summed E-state index contributed by atoms with van der Waals surface area (Å²) in [6.45, 7) is 2.15. The molecule has 0 N–H and O–H groups in total. The molecule has 0 unspecified atom stereocenters. The summed E-state index contributed by atoms with van der Waals surface area (Å²) in [5.41, 5.74) is 0. The largest absolute Gasteiger partial charge is 0.193 e. The molecule has 0 aliphatic carbocycles. The molecule has 1 nitrogen and oxygen atoms in total. The highest BCUT2D eigenvalue weighted by molar-refractivity contribution is 5.11. The molecule has 0 saturated carbocycles. The van der Waals surface area contributed by atoms with Crippen LogP contribution in [-0.4, -0.2) is 0 Å². The predicted octanol–water partition coefficient (Wildman–Crippen LogP) is 4.15. The summed E-state index contributed by atoms with van der Waals surface area (Å²) in [6.07, 6.45) is 17.7. The molecule has 76 valence electrons.